The molecule has 1 aromatic carbocycles. The van der Waals surface area contributed by atoms with Crippen molar-refractivity contribution in [3.63, 3.8) is 0 Å². The molecule has 2 rings (SSSR count). The number of nitrogens with one attached hydrogen (secondary N) is 1. The lowest BCUT2D eigenvalue weighted by Crippen LogP contribution is -2.37. The summed E-state index contributed by atoms with van der Waals surface area (Å²) in [6.45, 7) is 1.97. The number of hydrogen-bond acceptors (Lipinski definition) is 3. The molecule has 0 spiro atoms. The summed E-state index contributed by atoms with van der Waals surface area (Å²) in [6, 6.07) is 4.32. The number of benzene rings is 1. The van der Waals surface area contributed by atoms with Gasteiger partial charge in [0.15, 0.2) is 0 Å². The Labute approximate surface area is 122 Å². The second-order valence-corrected chi connectivity index (χ2v) is 5.58. The van der Waals surface area contributed by atoms with Gasteiger partial charge in [0, 0.05) is 12.1 Å². The van der Waals surface area contributed by atoms with Crippen LogP contribution in [0.5, 0.6) is 0 Å². The van der Waals surface area contributed by atoms with Gasteiger partial charge in [-0.2, -0.15) is 0 Å². The Bertz CT molecular complexity index is 527. The van der Waals surface area contributed by atoms with Crippen LogP contribution in [0.3, 0.4) is 0 Å². The molecule has 1 aromatic rings. The van der Waals surface area contributed by atoms with Gasteiger partial charge in [0.25, 0.3) is 11.6 Å². The van der Waals surface area contributed by atoms with Crippen LogP contribution in [-0.2, 0) is 0 Å². The zero-order chi connectivity index (χ0) is 14.7. The Balaban J connectivity index is 2.13. The van der Waals surface area contributed by atoms with Crippen molar-refractivity contribution in [3.8, 4) is 0 Å². The maximum atomic E-state index is 12.2. The molecule has 0 aromatic heterocycles. The van der Waals surface area contributed by atoms with Crippen LogP contribution in [0, 0.1) is 16.0 Å². The molecule has 1 amide bonds. The van der Waals surface area contributed by atoms with E-state index in [0.29, 0.717) is 5.92 Å². The predicted octanol–water partition coefficient (Wildman–Crippen LogP) is 3.56. The lowest BCUT2D eigenvalue weighted by molar-refractivity contribution is -0.384. The highest BCUT2D eigenvalue weighted by Gasteiger charge is 2.25. The third-order valence-electron chi connectivity index (χ3n) is 3.89. The van der Waals surface area contributed by atoms with E-state index in [4.69, 9.17) is 11.6 Å². The maximum absolute atomic E-state index is 12.2. The summed E-state index contributed by atoms with van der Waals surface area (Å²) in [7, 11) is 0. The molecule has 0 radical (unpaired) electrons. The molecule has 1 fully saturated rings. The van der Waals surface area contributed by atoms with Gasteiger partial charge in [-0.25, -0.2) is 0 Å². The molecule has 6 heteroatoms. The van der Waals surface area contributed by atoms with Crippen molar-refractivity contribution in [1.82, 2.24) is 5.32 Å². The first-order valence-corrected chi connectivity index (χ1v) is 7.12. The fourth-order valence-electron chi connectivity index (χ4n) is 2.70. The van der Waals surface area contributed by atoms with Crippen LogP contribution in [0.25, 0.3) is 0 Å². The molecule has 1 unspecified atom stereocenters. The molecular formula is C14H17ClN2O3. The van der Waals surface area contributed by atoms with Gasteiger partial charge in [-0.3, -0.25) is 14.9 Å². The Morgan fingerprint density at radius 3 is 2.70 bits per heavy atom. The monoisotopic (exact) mass is 296 g/mol. The van der Waals surface area contributed by atoms with Gasteiger partial charge in [0.2, 0.25) is 0 Å². The number of carbonyl (C=O) groups excluding carboxylic acids is 1. The maximum Gasteiger partial charge on any atom is 0.288 e. The molecule has 1 aliphatic carbocycles. The van der Waals surface area contributed by atoms with E-state index in [-0.39, 0.29) is 28.2 Å². The summed E-state index contributed by atoms with van der Waals surface area (Å²) < 4.78 is 0. The largest absolute Gasteiger partial charge is 0.349 e. The van der Waals surface area contributed by atoms with Crippen LogP contribution in [0.4, 0.5) is 5.69 Å². The molecule has 1 aliphatic rings. The van der Waals surface area contributed by atoms with E-state index in [1.807, 2.05) is 6.92 Å². The number of nitro groups is 1. The van der Waals surface area contributed by atoms with Gasteiger partial charge in [-0.1, -0.05) is 30.5 Å². The van der Waals surface area contributed by atoms with Crippen LogP contribution in [-0.4, -0.2) is 16.9 Å². The van der Waals surface area contributed by atoms with Gasteiger partial charge < -0.3 is 5.32 Å². The van der Waals surface area contributed by atoms with Gasteiger partial charge in [0.1, 0.15) is 5.02 Å². The molecule has 0 bridgehead atoms. The lowest BCUT2D eigenvalue weighted by atomic mass is 9.99. The van der Waals surface area contributed by atoms with Crippen molar-refractivity contribution in [2.45, 2.75) is 38.6 Å². The molecule has 5 nitrogen and oxygen atoms in total. The SMILES string of the molecule is CC(NC(=O)c1cccc([N+](=O)[O-])c1Cl)C1CCCC1. The molecule has 1 saturated carbocycles. The molecule has 20 heavy (non-hydrogen) atoms. The lowest BCUT2D eigenvalue weighted by Gasteiger charge is -2.20. The molecule has 1 N–H and O–H groups in total. The second-order valence-electron chi connectivity index (χ2n) is 5.20. The second kappa shape index (κ2) is 6.22. The fraction of sp³-hybridized carbons (Fsp3) is 0.500. The summed E-state index contributed by atoms with van der Waals surface area (Å²) >= 11 is 5.94. The zero-order valence-electron chi connectivity index (χ0n) is 11.3. The van der Waals surface area contributed by atoms with Crippen LogP contribution < -0.4 is 5.32 Å². The number of halogens is 1. The van der Waals surface area contributed by atoms with Gasteiger partial charge >= 0.3 is 0 Å². The van der Waals surface area contributed by atoms with Crippen LogP contribution in [0.2, 0.25) is 5.02 Å². The van der Waals surface area contributed by atoms with E-state index in [1.165, 1.54) is 31.0 Å². The summed E-state index contributed by atoms with van der Waals surface area (Å²) in [4.78, 5) is 22.4. The first-order chi connectivity index (χ1) is 9.50. The van der Waals surface area contributed by atoms with Crippen LogP contribution in [0.15, 0.2) is 18.2 Å². The molecule has 0 saturated heterocycles. The Kier molecular flexibility index (Phi) is 4.60. The highest BCUT2D eigenvalue weighted by atomic mass is 35.5. The van der Waals surface area contributed by atoms with Crippen molar-refractivity contribution >= 4 is 23.2 Å². The Morgan fingerprint density at radius 2 is 2.10 bits per heavy atom. The summed E-state index contributed by atoms with van der Waals surface area (Å²) in [5, 5.41) is 13.6. The fourth-order valence-corrected chi connectivity index (χ4v) is 2.98. The average Bonchev–Trinajstić information content (AvgIpc) is 2.92. The molecular weight excluding hydrogens is 280 g/mol. The number of nitrogens with zero attached hydrogens (tertiary/aromatic N) is 1. The van der Waals surface area contributed by atoms with Crippen molar-refractivity contribution < 1.29 is 9.72 Å². The predicted molar refractivity (Wildman–Crippen MR) is 77.0 cm³/mol. The molecule has 1 atom stereocenters. The van der Waals surface area contributed by atoms with Crippen LogP contribution >= 0.6 is 11.6 Å². The number of nitro benzene ring substituents is 1. The number of rotatable bonds is 4. The highest BCUT2D eigenvalue weighted by Crippen LogP contribution is 2.30. The van der Waals surface area contributed by atoms with Crippen molar-refractivity contribution in [2.75, 3.05) is 0 Å². The van der Waals surface area contributed by atoms with E-state index < -0.39 is 4.92 Å². The van der Waals surface area contributed by atoms with Gasteiger partial charge in [-0.15, -0.1) is 0 Å². The molecule has 0 heterocycles. The normalized spacial score (nSPS) is 16.9. The third kappa shape index (κ3) is 3.10. The van der Waals surface area contributed by atoms with Crippen LogP contribution in [0.1, 0.15) is 43.0 Å². The van der Waals surface area contributed by atoms with E-state index in [1.54, 1.807) is 0 Å². The summed E-state index contributed by atoms with van der Waals surface area (Å²) in [5.41, 5.74) is -0.0847. The van der Waals surface area contributed by atoms with Crippen molar-refractivity contribution in [2.24, 2.45) is 5.92 Å². The third-order valence-corrected chi connectivity index (χ3v) is 4.28. The van der Waals surface area contributed by atoms with E-state index in [2.05, 4.69) is 5.32 Å². The minimum atomic E-state index is -0.584. The van der Waals surface area contributed by atoms with E-state index >= 15 is 0 Å². The topological polar surface area (TPSA) is 72.2 Å². The minimum absolute atomic E-state index is 0.0559. The number of carbonyl (C=O) groups is 1. The van der Waals surface area contributed by atoms with Gasteiger partial charge in [-0.05, 0) is 31.7 Å². The number of hydrogen-bond donors (Lipinski definition) is 1. The molecule has 108 valence electrons. The smallest absolute Gasteiger partial charge is 0.288 e. The highest BCUT2D eigenvalue weighted by molar-refractivity contribution is 6.35. The quantitative estimate of drug-likeness (QED) is 0.682. The summed E-state index contributed by atoms with van der Waals surface area (Å²) in [6.07, 6.45) is 4.62. The summed E-state index contributed by atoms with van der Waals surface area (Å²) in [5.74, 6) is 0.134. The minimum Gasteiger partial charge on any atom is -0.349 e. The Morgan fingerprint density at radius 1 is 1.45 bits per heavy atom. The van der Waals surface area contributed by atoms with Crippen molar-refractivity contribution in [1.29, 1.82) is 0 Å². The average molecular weight is 297 g/mol. The van der Waals surface area contributed by atoms with Gasteiger partial charge in [0.05, 0.1) is 10.5 Å². The zero-order valence-corrected chi connectivity index (χ0v) is 12.0. The standard InChI is InChI=1S/C14H17ClN2O3/c1-9(10-5-2-3-6-10)16-14(18)11-7-4-8-12(13(11)15)17(19)20/h4,7-10H,2-3,5-6H2,1H3,(H,16,18). The van der Waals surface area contributed by atoms with Crippen molar-refractivity contribution in [3.05, 3.63) is 38.9 Å². The first kappa shape index (κ1) is 14.8. The van der Waals surface area contributed by atoms with E-state index in [0.717, 1.165) is 12.8 Å². The van der Waals surface area contributed by atoms with E-state index in [9.17, 15) is 14.9 Å². The molecule has 0 aliphatic heterocycles. The number of amides is 1. The first-order valence-electron chi connectivity index (χ1n) is 6.74. The Hall–Kier alpha value is -1.62.